The van der Waals surface area contributed by atoms with Crippen LogP contribution in [-0.2, 0) is 6.42 Å². The molecule has 0 saturated heterocycles. The number of hydrogen-bond acceptors (Lipinski definition) is 1. The smallest absolute Gasteiger partial charge is 0.0412 e. The fourth-order valence-electron chi connectivity index (χ4n) is 2.75. The van der Waals surface area contributed by atoms with Crippen molar-refractivity contribution in [3.05, 3.63) is 64.2 Å². The summed E-state index contributed by atoms with van der Waals surface area (Å²) in [5.74, 6) is 0.538. The highest BCUT2D eigenvalue weighted by atomic mass is 35.5. The number of fused-ring (bicyclic) bond motifs is 1. The lowest BCUT2D eigenvalue weighted by Crippen LogP contribution is -2.22. The summed E-state index contributed by atoms with van der Waals surface area (Å²) < 4.78 is 0. The number of nitrogens with one attached hydrogen (secondary N) is 1. The standard InChI is InChI=1S/C16H16ClN/c1-11-7-15(17)9-13-8-14(10-18-16(11)13)12-5-3-2-4-6-12/h2-7,9,14,18H,8,10H2,1H3. The molecule has 1 N–H and O–H groups in total. The zero-order chi connectivity index (χ0) is 12.5. The molecule has 1 aliphatic heterocycles. The predicted octanol–water partition coefficient (Wildman–Crippen LogP) is 4.40. The Bertz CT molecular complexity index is 563. The van der Waals surface area contributed by atoms with Crippen LogP contribution in [0.15, 0.2) is 42.5 Å². The van der Waals surface area contributed by atoms with Crippen molar-refractivity contribution in [1.29, 1.82) is 0 Å². The summed E-state index contributed by atoms with van der Waals surface area (Å²) >= 11 is 6.15. The van der Waals surface area contributed by atoms with Crippen molar-refractivity contribution < 1.29 is 0 Å². The van der Waals surface area contributed by atoms with E-state index in [9.17, 15) is 0 Å². The van der Waals surface area contributed by atoms with Crippen LogP contribution in [0.25, 0.3) is 0 Å². The summed E-state index contributed by atoms with van der Waals surface area (Å²) in [7, 11) is 0. The van der Waals surface area contributed by atoms with E-state index in [0.29, 0.717) is 5.92 Å². The Hall–Kier alpha value is -1.47. The molecule has 0 aliphatic carbocycles. The third-order valence-corrected chi connectivity index (χ3v) is 3.86. The normalized spacial score (nSPS) is 18.0. The average molecular weight is 258 g/mol. The second kappa shape index (κ2) is 4.66. The van der Waals surface area contributed by atoms with E-state index < -0.39 is 0 Å². The van der Waals surface area contributed by atoms with Gasteiger partial charge in [0, 0.05) is 23.2 Å². The van der Waals surface area contributed by atoms with E-state index in [1.54, 1.807) is 0 Å². The fraction of sp³-hybridized carbons (Fsp3) is 0.250. The van der Waals surface area contributed by atoms with Crippen LogP contribution in [0, 0.1) is 6.92 Å². The molecule has 18 heavy (non-hydrogen) atoms. The minimum absolute atomic E-state index is 0.538. The minimum atomic E-state index is 0.538. The molecule has 0 saturated carbocycles. The van der Waals surface area contributed by atoms with E-state index in [1.165, 1.54) is 22.4 Å². The Morgan fingerprint density at radius 1 is 1.17 bits per heavy atom. The first-order valence-corrected chi connectivity index (χ1v) is 6.69. The molecule has 0 radical (unpaired) electrons. The zero-order valence-electron chi connectivity index (χ0n) is 10.4. The number of benzene rings is 2. The first-order chi connectivity index (χ1) is 8.74. The second-order valence-electron chi connectivity index (χ2n) is 4.95. The first-order valence-electron chi connectivity index (χ1n) is 6.32. The average Bonchev–Trinajstić information content (AvgIpc) is 2.39. The van der Waals surface area contributed by atoms with Gasteiger partial charge < -0.3 is 5.32 Å². The van der Waals surface area contributed by atoms with Gasteiger partial charge >= 0.3 is 0 Å². The van der Waals surface area contributed by atoms with E-state index in [0.717, 1.165) is 18.0 Å². The Morgan fingerprint density at radius 2 is 1.94 bits per heavy atom. The summed E-state index contributed by atoms with van der Waals surface area (Å²) in [6.07, 6.45) is 1.06. The lowest BCUT2D eigenvalue weighted by Gasteiger charge is -2.28. The van der Waals surface area contributed by atoms with Crippen LogP contribution >= 0.6 is 11.6 Å². The molecule has 1 nitrogen and oxygen atoms in total. The fourth-order valence-corrected chi connectivity index (χ4v) is 3.05. The molecule has 1 heterocycles. The third-order valence-electron chi connectivity index (χ3n) is 3.64. The van der Waals surface area contributed by atoms with E-state index in [2.05, 4.69) is 48.6 Å². The molecule has 92 valence electrons. The Labute approximate surface area is 113 Å². The molecule has 0 bridgehead atoms. The van der Waals surface area contributed by atoms with Crippen LogP contribution in [0.4, 0.5) is 5.69 Å². The van der Waals surface area contributed by atoms with Crippen LogP contribution in [0.2, 0.25) is 5.02 Å². The summed E-state index contributed by atoms with van der Waals surface area (Å²) in [4.78, 5) is 0. The van der Waals surface area contributed by atoms with Crippen molar-refractivity contribution in [2.24, 2.45) is 0 Å². The van der Waals surface area contributed by atoms with Crippen LogP contribution in [0.1, 0.15) is 22.6 Å². The van der Waals surface area contributed by atoms with Crippen molar-refractivity contribution in [3.8, 4) is 0 Å². The van der Waals surface area contributed by atoms with Crippen molar-refractivity contribution in [3.63, 3.8) is 0 Å². The number of anilines is 1. The maximum Gasteiger partial charge on any atom is 0.0412 e. The number of halogens is 1. The quantitative estimate of drug-likeness (QED) is 0.798. The summed E-state index contributed by atoms with van der Waals surface area (Å²) in [6, 6.07) is 14.8. The second-order valence-corrected chi connectivity index (χ2v) is 5.39. The van der Waals surface area contributed by atoms with Crippen molar-refractivity contribution in [2.45, 2.75) is 19.3 Å². The van der Waals surface area contributed by atoms with Gasteiger partial charge in [0.25, 0.3) is 0 Å². The van der Waals surface area contributed by atoms with Gasteiger partial charge in [-0.25, -0.2) is 0 Å². The maximum absolute atomic E-state index is 6.15. The summed E-state index contributed by atoms with van der Waals surface area (Å²) in [6.45, 7) is 3.11. The predicted molar refractivity (Wildman–Crippen MR) is 77.6 cm³/mol. The maximum atomic E-state index is 6.15. The van der Waals surface area contributed by atoms with Gasteiger partial charge in [0.05, 0.1) is 0 Å². The number of rotatable bonds is 1. The Balaban J connectivity index is 1.94. The van der Waals surface area contributed by atoms with Crippen molar-refractivity contribution >= 4 is 17.3 Å². The molecule has 1 aliphatic rings. The summed E-state index contributed by atoms with van der Waals surface area (Å²) in [5, 5.41) is 4.38. The first kappa shape index (κ1) is 11.6. The minimum Gasteiger partial charge on any atom is -0.384 e. The van der Waals surface area contributed by atoms with E-state index >= 15 is 0 Å². The van der Waals surface area contributed by atoms with Crippen LogP contribution in [-0.4, -0.2) is 6.54 Å². The Kier molecular flexibility index (Phi) is 3.00. The van der Waals surface area contributed by atoms with Gasteiger partial charge in [-0.2, -0.15) is 0 Å². The van der Waals surface area contributed by atoms with Gasteiger partial charge in [0.15, 0.2) is 0 Å². The monoisotopic (exact) mass is 257 g/mol. The van der Waals surface area contributed by atoms with Gasteiger partial charge in [-0.15, -0.1) is 0 Å². The molecule has 2 aromatic carbocycles. The highest BCUT2D eigenvalue weighted by Gasteiger charge is 2.21. The van der Waals surface area contributed by atoms with Gasteiger partial charge in [0.1, 0.15) is 0 Å². The topological polar surface area (TPSA) is 12.0 Å². The largest absolute Gasteiger partial charge is 0.384 e. The van der Waals surface area contributed by atoms with Gasteiger partial charge in [-0.05, 0) is 42.2 Å². The molecule has 2 aromatic rings. The third kappa shape index (κ3) is 2.11. The molecule has 0 amide bonds. The molecule has 1 atom stereocenters. The van der Waals surface area contributed by atoms with E-state index in [4.69, 9.17) is 11.6 Å². The molecule has 3 rings (SSSR count). The van der Waals surface area contributed by atoms with E-state index in [-0.39, 0.29) is 0 Å². The molecular weight excluding hydrogens is 242 g/mol. The van der Waals surface area contributed by atoms with Crippen molar-refractivity contribution in [1.82, 2.24) is 0 Å². The molecule has 0 spiro atoms. The zero-order valence-corrected chi connectivity index (χ0v) is 11.2. The van der Waals surface area contributed by atoms with E-state index in [1.807, 2.05) is 6.07 Å². The molecule has 1 unspecified atom stereocenters. The lowest BCUT2D eigenvalue weighted by atomic mass is 9.87. The highest BCUT2D eigenvalue weighted by Crippen LogP contribution is 2.34. The lowest BCUT2D eigenvalue weighted by molar-refractivity contribution is 0.694. The van der Waals surface area contributed by atoms with Crippen LogP contribution < -0.4 is 5.32 Å². The molecule has 0 aromatic heterocycles. The SMILES string of the molecule is Cc1cc(Cl)cc2c1NCC(c1ccccc1)C2. The Morgan fingerprint density at radius 3 is 2.72 bits per heavy atom. The summed E-state index contributed by atoms with van der Waals surface area (Å²) in [5.41, 5.74) is 5.24. The molecule has 0 fully saturated rings. The van der Waals surface area contributed by atoms with Crippen molar-refractivity contribution in [2.75, 3.05) is 11.9 Å². The van der Waals surface area contributed by atoms with Crippen LogP contribution in [0.3, 0.4) is 0 Å². The van der Waals surface area contributed by atoms with Gasteiger partial charge in [0.2, 0.25) is 0 Å². The van der Waals surface area contributed by atoms with Crippen LogP contribution in [0.5, 0.6) is 0 Å². The molecule has 2 heteroatoms. The number of aryl methyl sites for hydroxylation is 1. The van der Waals surface area contributed by atoms with Gasteiger partial charge in [-0.3, -0.25) is 0 Å². The number of hydrogen-bond donors (Lipinski definition) is 1. The highest BCUT2D eigenvalue weighted by molar-refractivity contribution is 6.30. The molecular formula is C16H16ClN. The van der Waals surface area contributed by atoms with Gasteiger partial charge in [-0.1, -0.05) is 41.9 Å².